The van der Waals surface area contributed by atoms with Crippen molar-refractivity contribution in [3.63, 3.8) is 0 Å². The van der Waals surface area contributed by atoms with Gasteiger partial charge in [0.25, 0.3) is 0 Å². The highest BCUT2D eigenvalue weighted by molar-refractivity contribution is 5.24. The Bertz CT molecular complexity index is 581. The van der Waals surface area contributed by atoms with Crippen LogP contribution in [0, 0.1) is 17.2 Å². The van der Waals surface area contributed by atoms with Gasteiger partial charge < -0.3 is 20.7 Å². The van der Waals surface area contributed by atoms with Crippen LogP contribution in [0.25, 0.3) is 0 Å². The largest absolute Gasteiger partial charge is 0.392 e. The molecule has 0 aliphatic carbocycles. The molecule has 1 aromatic heterocycles. The van der Waals surface area contributed by atoms with Gasteiger partial charge in [-0.3, -0.25) is 4.57 Å². The number of nitrogen functional groups attached to an aromatic ring is 1. The molecule has 1 aliphatic heterocycles. The van der Waals surface area contributed by atoms with Crippen molar-refractivity contribution in [2.45, 2.75) is 24.9 Å². The number of hydrogen-bond donors (Lipinski definition) is 3. The Morgan fingerprint density at radius 2 is 2.42 bits per heavy atom. The summed E-state index contributed by atoms with van der Waals surface area (Å²) in [6.07, 6.45) is -0.719. The summed E-state index contributed by atoms with van der Waals surface area (Å²) >= 11 is 0. The van der Waals surface area contributed by atoms with Crippen molar-refractivity contribution < 1.29 is 14.9 Å². The molecule has 4 atom stereocenters. The minimum absolute atomic E-state index is 0.0705. The van der Waals surface area contributed by atoms with E-state index in [0.717, 1.165) is 4.57 Å². The molecule has 0 saturated carbocycles. The number of rotatable bonds is 2. The van der Waals surface area contributed by atoms with Crippen molar-refractivity contribution in [1.82, 2.24) is 9.55 Å². The van der Waals surface area contributed by atoms with Crippen LogP contribution in [0.4, 0.5) is 5.82 Å². The number of aliphatic hydroxyl groups is 2. The molecule has 4 N–H and O–H groups in total. The molecular weight excluding hydrogens is 252 g/mol. The smallest absolute Gasteiger partial charge is 0.351 e. The van der Waals surface area contributed by atoms with Gasteiger partial charge in [-0.15, -0.1) is 0 Å². The zero-order valence-corrected chi connectivity index (χ0v) is 10.2. The van der Waals surface area contributed by atoms with Crippen LogP contribution in [0.15, 0.2) is 17.1 Å². The van der Waals surface area contributed by atoms with E-state index in [1.807, 2.05) is 0 Å². The van der Waals surface area contributed by atoms with E-state index in [9.17, 15) is 15.0 Å². The molecule has 0 amide bonds. The third-order valence-electron chi connectivity index (χ3n) is 3.31. The molecule has 8 heteroatoms. The Morgan fingerprint density at radius 1 is 1.74 bits per heavy atom. The zero-order chi connectivity index (χ0) is 14.2. The highest BCUT2D eigenvalue weighted by Gasteiger charge is 2.54. The topological polar surface area (TPSA) is 134 Å². The van der Waals surface area contributed by atoms with Gasteiger partial charge in [-0.05, 0) is 6.07 Å². The van der Waals surface area contributed by atoms with Crippen LogP contribution in [-0.4, -0.2) is 38.1 Å². The molecule has 1 fully saturated rings. The van der Waals surface area contributed by atoms with Crippen molar-refractivity contribution in [1.29, 1.82) is 5.26 Å². The number of nitriles is 1. The van der Waals surface area contributed by atoms with Gasteiger partial charge in [0.15, 0.2) is 0 Å². The molecule has 1 aromatic rings. The van der Waals surface area contributed by atoms with Crippen LogP contribution in [-0.2, 0) is 4.74 Å². The highest BCUT2D eigenvalue weighted by Crippen LogP contribution is 2.40. The van der Waals surface area contributed by atoms with Crippen molar-refractivity contribution in [3.05, 3.63) is 22.7 Å². The zero-order valence-electron chi connectivity index (χ0n) is 10.2. The van der Waals surface area contributed by atoms with Gasteiger partial charge in [0.2, 0.25) is 5.60 Å². The molecule has 0 bridgehead atoms. The number of nitrogens with zero attached hydrogens (tertiary/aromatic N) is 3. The molecule has 19 heavy (non-hydrogen) atoms. The van der Waals surface area contributed by atoms with Crippen LogP contribution in [0.2, 0.25) is 0 Å². The predicted molar refractivity (Wildman–Crippen MR) is 63.6 cm³/mol. The van der Waals surface area contributed by atoms with Crippen molar-refractivity contribution in [3.8, 4) is 6.07 Å². The summed E-state index contributed by atoms with van der Waals surface area (Å²) in [7, 11) is 0. The molecule has 2 heterocycles. The van der Waals surface area contributed by atoms with Gasteiger partial charge in [-0.2, -0.15) is 10.2 Å². The van der Waals surface area contributed by atoms with Crippen molar-refractivity contribution in [2.75, 3.05) is 12.3 Å². The fraction of sp³-hybridized carbons (Fsp3) is 0.545. The molecule has 102 valence electrons. The van der Waals surface area contributed by atoms with Gasteiger partial charge in [-0.1, -0.05) is 6.92 Å². The van der Waals surface area contributed by atoms with Crippen molar-refractivity contribution >= 4 is 5.82 Å². The van der Waals surface area contributed by atoms with E-state index in [2.05, 4.69) is 4.98 Å². The number of nitrogens with two attached hydrogens (primary N) is 1. The van der Waals surface area contributed by atoms with Crippen LogP contribution in [0.5, 0.6) is 0 Å². The van der Waals surface area contributed by atoms with Crippen LogP contribution >= 0.6 is 0 Å². The van der Waals surface area contributed by atoms with Gasteiger partial charge in [0.1, 0.15) is 24.2 Å². The van der Waals surface area contributed by atoms with Crippen LogP contribution in [0.3, 0.4) is 0 Å². The molecule has 0 radical (unpaired) electrons. The maximum Gasteiger partial charge on any atom is 0.351 e. The quantitative estimate of drug-likeness (QED) is 0.599. The van der Waals surface area contributed by atoms with Crippen molar-refractivity contribution in [2.24, 2.45) is 5.92 Å². The maximum atomic E-state index is 11.7. The predicted octanol–water partition coefficient (Wildman–Crippen LogP) is -1.39. The summed E-state index contributed by atoms with van der Waals surface area (Å²) < 4.78 is 6.54. The molecule has 0 aromatic carbocycles. The fourth-order valence-corrected chi connectivity index (χ4v) is 2.16. The summed E-state index contributed by atoms with van der Waals surface area (Å²) in [4.78, 5) is 15.3. The van der Waals surface area contributed by atoms with E-state index < -0.39 is 36.1 Å². The lowest BCUT2D eigenvalue weighted by Crippen LogP contribution is -2.43. The lowest BCUT2D eigenvalue weighted by molar-refractivity contribution is -0.0931. The van der Waals surface area contributed by atoms with Crippen LogP contribution in [0.1, 0.15) is 13.2 Å². The van der Waals surface area contributed by atoms with Gasteiger partial charge in [0, 0.05) is 12.1 Å². The summed E-state index contributed by atoms with van der Waals surface area (Å²) in [5.74, 6) is -0.490. The monoisotopic (exact) mass is 266 g/mol. The first-order chi connectivity index (χ1) is 8.95. The third-order valence-corrected chi connectivity index (χ3v) is 3.31. The molecule has 8 nitrogen and oxygen atoms in total. The molecule has 0 spiro atoms. The van der Waals surface area contributed by atoms with Gasteiger partial charge in [-0.25, -0.2) is 4.79 Å². The van der Waals surface area contributed by atoms with E-state index >= 15 is 0 Å². The average Bonchev–Trinajstić information content (AvgIpc) is 2.64. The molecule has 1 saturated heterocycles. The molecular formula is C11H14N4O4. The Balaban J connectivity index is 2.43. The van der Waals surface area contributed by atoms with Gasteiger partial charge >= 0.3 is 5.69 Å². The average molecular weight is 266 g/mol. The van der Waals surface area contributed by atoms with E-state index in [-0.39, 0.29) is 5.82 Å². The summed E-state index contributed by atoms with van der Waals surface area (Å²) in [5, 5.41) is 28.3. The minimum atomic E-state index is -1.73. The van der Waals surface area contributed by atoms with E-state index in [1.165, 1.54) is 12.3 Å². The summed E-state index contributed by atoms with van der Waals surface area (Å²) in [6.45, 7) is 0.954. The SMILES string of the molecule is CC1C(O)[C@@](C#N)(CO)O[C@H]1n1ccc(N)nc1=O. The summed E-state index contributed by atoms with van der Waals surface area (Å²) in [6, 6.07) is 3.17. The standard InChI is InChI=1S/C11H14N4O4/c1-6-8(17)11(4-12,5-16)19-9(6)15-3-2-7(13)14-10(15)18/h2-3,6,8-9,16-17H,5H2,1H3,(H2,13,14,18)/t6?,8?,9-,11-/m1/s1. The number of aromatic nitrogens is 2. The maximum absolute atomic E-state index is 11.7. The third kappa shape index (κ3) is 1.98. The number of hydrogen-bond acceptors (Lipinski definition) is 7. The molecule has 2 rings (SSSR count). The Kier molecular flexibility index (Phi) is 3.28. The Hall–Kier alpha value is -1.95. The molecule has 2 unspecified atom stereocenters. The highest BCUT2D eigenvalue weighted by atomic mass is 16.6. The number of ether oxygens (including phenoxy) is 1. The van der Waals surface area contributed by atoms with E-state index in [4.69, 9.17) is 15.7 Å². The lowest BCUT2D eigenvalue weighted by Gasteiger charge is -2.21. The first kappa shape index (κ1) is 13.5. The fourth-order valence-electron chi connectivity index (χ4n) is 2.16. The van der Waals surface area contributed by atoms with E-state index in [1.54, 1.807) is 13.0 Å². The minimum Gasteiger partial charge on any atom is -0.392 e. The Morgan fingerprint density at radius 3 is 2.89 bits per heavy atom. The van der Waals surface area contributed by atoms with Crippen LogP contribution < -0.4 is 11.4 Å². The normalized spacial score (nSPS) is 34.1. The summed E-state index contributed by atoms with van der Waals surface area (Å²) in [5.41, 5.74) is 3.01. The first-order valence-electron chi connectivity index (χ1n) is 5.68. The second kappa shape index (κ2) is 4.62. The number of aliphatic hydroxyl groups excluding tert-OH is 2. The first-order valence-corrected chi connectivity index (χ1v) is 5.68. The lowest BCUT2D eigenvalue weighted by atomic mass is 9.92. The Labute approximate surface area is 108 Å². The van der Waals surface area contributed by atoms with E-state index in [0.29, 0.717) is 0 Å². The number of anilines is 1. The molecule has 1 aliphatic rings. The second-order valence-corrected chi connectivity index (χ2v) is 4.51. The van der Waals surface area contributed by atoms with Gasteiger partial charge in [0.05, 0.1) is 6.61 Å². The second-order valence-electron chi connectivity index (χ2n) is 4.51.